The zero-order chi connectivity index (χ0) is 12.1. The Morgan fingerprint density at radius 2 is 2.00 bits per heavy atom. The summed E-state index contributed by atoms with van der Waals surface area (Å²) in [7, 11) is 0. The van der Waals surface area contributed by atoms with E-state index in [4.69, 9.17) is 11.5 Å². The Kier molecular flexibility index (Phi) is 4.36. The SMILES string of the molecule is CC(C)NC(=O)CSc1nc(N)cc(N)n1. The number of anilines is 2. The van der Waals surface area contributed by atoms with E-state index in [0.717, 1.165) is 0 Å². The van der Waals surface area contributed by atoms with Crippen LogP contribution in [-0.4, -0.2) is 27.7 Å². The number of thioether (sulfide) groups is 1. The number of nitrogens with one attached hydrogen (secondary N) is 1. The summed E-state index contributed by atoms with van der Waals surface area (Å²) in [6.45, 7) is 3.80. The van der Waals surface area contributed by atoms with Crippen molar-refractivity contribution in [1.29, 1.82) is 0 Å². The Morgan fingerprint density at radius 1 is 1.44 bits per heavy atom. The quantitative estimate of drug-likeness (QED) is 0.515. The second kappa shape index (κ2) is 5.55. The van der Waals surface area contributed by atoms with Crippen LogP contribution >= 0.6 is 11.8 Å². The van der Waals surface area contributed by atoms with E-state index >= 15 is 0 Å². The zero-order valence-electron chi connectivity index (χ0n) is 9.23. The van der Waals surface area contributed by atoms with Crippen LogP contribution in [0.5, 0.6) is 0 Å². The molecule has 1 aromatic heterocycles. The maximum Gasteiger partial charge on any atom is 0.230 e. The molecule has 0 bridgehead atoms. The lowest BCUT2D eigenvalue weighted by atomic mass is 10.4. The minimum atomic E-state index is -0.0652. The van der Waals surface area contributed by atoms with Gasteiger partial charge in [-0.15, -0.1) is 0 Å². The number of carbonyl (C=O) groups is 1. The average Bonchev–Trinajstić information content (AvgIpc) is 2.12. The lowest BCUT2D eigenvalue weighted by molar-refractivity contribution is -0.119. The van der Waals surface area contributed by atoms with Gasteiger partial charge in [-0.1, -0.05) is 11.8 Å². The Labute approximate surface area is 98.2 Å². The van der Waals surface area contributed by atoms with Crippen molar-refractivity contribution < 1.29 is 4.79 Å². The third-order valence-corrected chi connectivity index (χ3v) is 2.37. The van der Waals surface area contributed by atoms with Crippen LogP contribution < -0.4 is 16.8 Å². The van der Waals surface area contributed by atoms with Crippen LogP contribution in [0.15, 0.2) is 11.2 Å². The first-order valence-corrected chi connectivity index (χ1v) is 5.78. The number of nitrogens with two attached hydrogens (primary N) is 2. The summed E-state index contributed by atoms with van der Waals surface area (Å²) in [4.78, 5) is 19.3. The number of hydrogen-bond donors (Lipinski definition) is 3. The molecule has 1 rings (SSSR count). The van der Waals surface area contributed by atoms with Gasteiger partial charge < -0.3 is 16.8 Å². The van der Waals surface area contributed by atoms with Crippen LogP contribution in [0.25, 0.3) is 0 Å². The molecule has 0 aromatic carbocycles. The minimum absolute atomic E-state index is 0.0652. The molecule has 0 saturated heterocycles. The number of nitrogen functional groups attached to an aromatic ring is 2. The maximum absolute atomic E-state index is 11.3. The Morgan fingerprint density at radius 3 is 2.50 bits per heavy atom. The van der Waals surface area contributed by atoms with E-state index in [1.165, 1.54) is 17.8 Å². The molecule has 0 atom stereocenters. The monoisotopic (exact) mass is 241 g/mol. The fraction of sp³-hybridized carbons (Fsp3) is 0.444. The molecule has 0 aliphatic rings. The summed E-state index contributed by atoms with van der Waals surface area (Å²) in [5.41, 5.74) is 11.0. The number of amides is 1. The molecule has 7 heteroatoms. The van der Waals surface area contributed by atoms with Crippen molar-refractivity contribution in [3.05, 3.63) is 6.07 Å². The normalized spacial score (nSPS) is 10.4. The van der Waals surface area contributed by atoms with E-state index in [0.29, 0.717) is 16.8 Å². The molecule has 1 heterocycles. The molecule has 6 nitrogen and oxygen atoms in total. The summed E-state index contributed by atoms with van der Waals surface area (Å²) in [6.07, 6.45) is 0. The number of rotatable bonds is 4. The molecule has 0 fully saturated rings. The molecule has 1 amide bonds. The van der Waals surface area contributed by atoms with Crippen LogP contribution in [0.2, 0.25) is 0 Å². The molecule has 0 spiro atoms. The van der Waals surface area contributed by atoms with Crippen LogP contribution in [0.4, 0.5) is 11.6 Å². The van der Waals surface area contributed by atoms with Crippen LogP contribution in [0.3, 0.4) is 0 Å². The topological polar surface area (TPSA) is 107 Å². The predicted molar refractivity (Wildman–Crippen MR) is 64.9 cm³/mol. The molecule has 0 unspecified atom stereocenters. The lowest BCUT2D eigenvalue weighted by Gasteiger charge is -2.07. The van der Waals surface area contributed by atoms with Crippen LogP contribution in [0.1, 0.15) is 13.8 Å². The predicted octanol–water partition coefficient (Wildman–Crippen LogP) is 0.258. The van der Waals surface area contributed by atoms with Crippen molar-refractivity contribution in [3.8, 4) is 0 Å². The maximum atomic E-state index is 11.3. The summed E-state index contributed by atoms with van der Waals surface area (Å²) >= 11 is 1.20. The van der Waals surface area contributed by atoms with Crippen LogP contribution in [-0.2, 0) is 4.79 Å². The first-order valence-electron chi connectivity index (χ1n) is 4.79. The molecule has 88 valence electrons. The second-order valence-electron chi connectivity index (χ2n) is 3.51. The van der Waals surface area contributed by atoms with Gasteiger partial charge >= 0.3 is 0 Å². The second-order valence-corrected chi connectivity index (χ2v) is 4.45. The third kappa shape index (κ3) is 4.35. The van der Waals surface area contributed by atoms with Crippen molar-refractivity contribution >= 4 is 29.3 Å². The van der Waals surface area contributed by atoms with E-state index in [-0.39, 0.29) is 17.7 Å². The van der Waals surface area contributed by atoms with Gasteiger partial charge in [-0.05, 0) is 13.8 Å². The van der Waals surface area contributed by atoms with E-state index in [9.17, 15) is 4.79 Å². The number of carbonyl (C=O) groups excluding carboxylic acids is 1. The number of aromatic nitrogens is 2. The number of hydrogen-bond acceptors (Lipinski definition) is 6. The van der Waals surface area contributed by atoms with Gasteiger partial charge in [-0.25, -0.2) is 9.97 Å². The Balaban J connectivity index is 2.51. The van der Waals surface area contributed by atoms with Crippen LogP contribution in [0, 0.1) is 0 Å². The van der Waals surface area contributed by atoms with Gasteiger partial charge in [0.2, 0.25) is 5.91 Å². The lowest BCUT2D eigenvalue weighted by Crippen LogP contribution is -2.31. The molecule has 0 saturated carbocycles. The average molecular weight is 241 g/mol. The smallest absolute Gasteiger partial charge is 0.230 e. The van der Waals surface area contributed by atoms with Crippen molar-refractivity contribution in [2.45, 2.75) is 25.0 Å². The van der Waals surface area contributed by atoms with Crippen molar-refractivity contribution in [2.75, 3.05) is 17.2 Å². The molecular weight excluding hydrogens is 226 g/mol. The highest BCUT2D eigenvalue weighted by Gasteiger charge is 2.07. The highest BCUT2D eigenvalue weighted by Crippen LogP contribution is 2.15. The third-order valence-electron chi connectivity index (χ3n) is 1.53. The molecule has 0 aliphatic heterocycles. The standard InChI is InChI=1S/C9H15N5OS/c1-5(2)12-8(15)4-16-9-13-6(10)3-7(11)14-9/h3,5H,4H2,1-2H3,(H,12,15)(H4,10,11,13,14). The molecule has 16 heavy (non-hydrogen) atoms. The van der Waals surface area contributed by atoms with Gasteiger partial charge in [0.05, 0.1) is 5.75 Å². The van der Waals surface area contributed by atoms with E-state index in [1.54, 1.807) is 0 Å². The number of nitrogens with zero attached hydrogens (tertiary/aromatic N) is 2. The largest absolute Gasteiger partial charge is 0.383 e. The Hall–Kier alpha value is -1.50. The van der Waals surface area contributed by atoms with Gasteiger partial charge in [0.15, 0.2) is 5.16 Å². The fourth-order valence-corrected chi connectivity index (χ4v) is 1.70. The van der Waals surface area contributed by atoms with Gasteiger partial charge in [-0.2, -0.15) is 0 Å². The van der Waals surface area contributed by atoms with E-state index in [1.807, 2.05) is 13.8 Å². The summed E-state index contributed by atoms with van der Waals surface area (Å²) in [5, 5.41) is 3.18. The highest BCUT2D eigenvalue weighted by molar-refractivity contribution is 7.99. The molecule has 0 radical (unpaired) electrons. The Bertz CT molecular complexity index is 362. The minimum Gasteiger partial charge on any atom is -0.383 e. The van der Waals surface area contributed by atoms with Gasteiger partial charge in [-0.3, -0.25) is 4.79 Å². The molecular formula is C9H15N5OS. The summed E-state index contributed by atoms with van der Waals surface area (Å²) in [5.74, 6) is 0.796. The zero-order valence-corrected chi connectivity index (χ0v) is 10.0. The summed E-state index contributed by atoms with van der Waals surface area (Å²) < 4.78 is 0. The first-order chi connectivity index (χ1) is 7.47. The summed E-state index contributed by atoms with van der Waals surface area (Å²) in [6, 6.07) is 1.60. The van der Waals surface area contributed by atoms with E-state index < -0.39 is 0 Å². The van der Waals surface area contributed by atoms with Crippen molar-refractivity contribution in [2.24, 2.45) is 0 Å². The van der Waals surface area contributed by atoms with Gasteiger partial charge in [0.25, 0.3) is 0 Å². The molecule has 1 aromatic rings. The van der Waals surface area contributed by atoms with Gasteiger partial charge in [0, 0.05) is 12.1 Å². The van der Waals surface area contributed by atoms with E-state index in [2.05, 4.69) is 15.3 Å². The van der Waals surface area contributed by atoms with Gasteiger partial charge in [0.1, 0.15) is 11.6 Å². The first kappa shape index (κ1) is 12.6. The molecule has 0 aliphatic carbocycles. The van der Waals surface area contributed by atoms with Crippen molar-refractivity contribution in [3.63, 3.8) is 0 Å². The molecule has 5 N–H and O–H groups in total. The highest BCUT2D eigenvalue weighted by atomic mass is 32.2. The van der Waals surface area contributed by atoms with Crippen molar-refractivity contribution in [1.82, 2.24) is 15.3 Å². The fourth-order valence-electron chi connectivity index (χ4n) is 1.02.